The largest absolute Gasteiger partial charge is 0.357 e. The van der Waals surface area contributed by atoms with Crippen molar-refractivity contribution in [1.82, 2.24) is 20.4 Å². The summed E-state index contributed by atoms with van der Waals surface area (Å²) >= 11 is 0. The van der Waals surface area contributed by atoms with Gasteiger partial charge in [0.15, 0.2) is 0 Å². The number of rotatable bonds is 5. The molecule has 1 amide bonds. The molecule has 1 aromatic rings. The smallest absolute Gasteiger partial charge is 0.242 e. The third kappa shape index (κ3) is 3.20. The number of hydrogen-bond acceptors (Lipinski definition) is 4. The first-order valence-corrected chi connectivity index (χ1v) is 7.69. The van der Waals surface area contributed by atoms with Crippen LogP contribution >= 0.6 is 0 Å². The van der Waals surface area contributed by atoms with E-state index in [0.717, 1.165) is 37.4 Å². The number of hydrogen-bond donors (Lipinski definition) is 2. The van der Waals surface area contributed by atoms with Gasteiger partial charge in [-0.3, -0.25) is 9.48 Å². The van der Waals surface area contributed by atoms with Gasteiger partial charge >= 0.3 is 0 Å². The number of nitrogens with one attached hydrogen (secondary N) is 2. The van der Waals surface area contributed by atoms with Gasteiger partial charge in [-0.05, 0) is 19.8 Å². The van der Waals surface area contributed by atoms with Crippen molar-refractivity contribution >= 4 is 11.7 Å². The highest BCUT2D eigenvalue weighted by Gasteiger charge is 2.33. The van der Waals surface area contributed by atoms with E-state index in [0.29, 0.717) is 6.04 Å². The Morgan fingerprint density at radius 1 is 1.48 bits per heavy atom. The van der Waals surface area contributed by atoms with Crippen LogP contribution < -0.4 is 15.5 Å². The second-order valence-corrected chi connectivity index (χ2v) is 6.01. The molecular formula is C15H27N5O. The molecule has 1 aliphatic heterocycles. The highest BCUT2D eigenvalue weighted by atomic mass is 16.2. The zero-order valence-corrected chi connectivity index (χ0v) is 13.7. The Morgan fingerprint density at radius 3 is 2.81 bits per heavy atom. The van der Waals surface area contributed by atoms with E-state index in [2.05, 4.69) is 34.5 Å². The number of anilines is 1. The van der Waals surface area contributed by atoms with Gasteiger partial charge < -0.3 is 15.5 Å². The third-order valence-electron chi connectivity index (χ3n) is 4.07. The molecule has 2 heterocycles. The summed E-state index contributed by atoms with van der Waals surface area (Å²) in [6, 6.07) is 0.341. The van der Waals surface area contributed by atoms with Crippen LogP contribution in [0.15, 0.2) is 0 Å². The van der Waals surface area contributed by atoms with E-state index in [1.165, 1.54) is 5.56 Å². The molecule has 0 aliphatic carbocycles. The number of nitrogens with zero attached hydrogens (tertiary/aromatic N) is 3. The maximum absolute atomic E-state index is 12.1. The molecule has 6 nitrogen and oxygen atoms in total. The van der Waals surface area contributed by atoms with E-state index < -0.39 is 0 Å². The zero-order chi connectivity index (χ0) is 15.6. The summed E-state index contributed by atoms with van der Waals surface area (Å²) in [4.78, 5) is 14.3. The van der Waals surface area contributed by atoms with Crippen LogP contribution in [0, 0.1) is 6.92 Å². The standard InChI is InChI=1S/C15H27N5O/c1-10(2)17-9-12-11(3)18-19(5)15(12)20-8-6-7-13(20)14(21)16-4/h10,13,17H,6-9H2,1-5H3,(H,16,21). The van der Waals surface area contributed by atoms with Gasteiger partial charge in [0.25, 0.3) is 0 Å². The van der Waals surface area contributed by atoms with Crippen molar-refractivity contribution in [1.29, 1.82) is 0 Å². The summed E-state index contributed by atoms with van der Waals surface area (Å²) in [7, 11) is 3.66. The highest BCUT2D eigenvalue weighted by Crippen LogP contribution is 2.30. The Balaban J connectivity index is 2.31. The van der Waals surface area contributed by atoms with E-state index in [1.54, 1.807) is 7.05 Å². The van der Waals surface area contributed by atoms with E-state index >= 15 is 0 Å². The first kappa shape index (κ1) is 15.8. The maximum Gasteiger partial charge on any atom is 0.242 e. The van der Waals surface area contributed by atoms with Gasteiger partial charge in [0.1, 0.15) is 11.9 Å². The number of aromatic nitrogens is 2. The molecule has 0 aromatic carbocycles. The Bertz CT molecular complexity index is 508. The molecular weight excluding hydrogens is 266 g/mol. The topological polar surface area (TPSA) is 62.2 Å². The number of amides is 1. The Hall–Kier alpha value is -1.56. The maximum atomic E-state index is 12.1. The van der Waals surface area contributed by atoms with E-state index in [-0.39, 0.29) is 11.9 Å². The van der Waals surface area contributed by atoms with Crippen LogP contribution in [0.5, 0.6) is 0 Å². The summed E-state index contributed by atoms with van der Waals surface area (Å²) in [5, 5.41) is 10.8. The highest BCUT2D eigenvalue weighted by molar-refractivity contribution is 5.85. The molecule has 1 atom stereocenters. The van der Waals surface area contributed by atoms with Crippen LogP contribution in [0.4, 0.5) is 5.82 Å². The third-order valence-corrected chi connectivity index (χ3v) is 4.07. The van der Waals surface area contributed by atoms with Gasteiger partial charge in [-0.25, -0.2) is 0 Å². The van der Waals surface area contributed by atoms with Crippen LogP contribution in [0.3, 0.4) is 0 Å². The number of likely N-dealkylation sites (N-methyl/N-ethyl adjacent to an activating group) is 1. The molecule has 0 saturated carbocycles. The monoisotopic (exact) mass is 293 g/mol. The average Bonchev–Trinajstić information content (AvgIpc) is 2.99. The Labute approximate surface area is 126 Å². The molecule has 0 radical (unpaired) electrons. The van der Waals surface area contributed by atoms with Crippen molar-refractivity contribution in [3.63, 3.8) is 0 Å². The molecule has 1 fully saturated rings. The molecule has 6 heteroatoms. The van der Waals surface area contributed by atoms with Crippen LogP contribution in [0.1, 0.15) is 37.9 Å². The van der Waals surface area contributed by atoms with Gasteiger partial charge in [0.2, 0.25) is 5.91 Å². The number of carbonyl (C=O) groups is 1. The predicted molar refractivity (Wildman–Crippen MR) is 84.4 cm³/mol. The first-order chi connectivity index (χ1) is 9.95. The van der Waals surface area contributed by atoms with Crippen molar-refractivity contribution in [2.75, 3.05) is 18.5 Å². The van der Waals surface area contributed by atoms with Gasteiger partial charge in [-0.1, -0.05) is 13.8 Å². The van der Waals surface area contributed by atoms with E-state index in [9.17, 15) is 4.79 Å². The van der Waals surface area contributed by atoms with E-state index in [1.807, 2.05) is 18.7 Å². The first-order valence-electron chi connectivity index (χ1n) is 7.69. The fraction of sp³-hybridized carbons (Fsp3) is 0.733. The normalized spacial score (nSPS) is 18.6. The Morgan fingerprint density at radius 2 is 2.19 bits per heavy atom. The van der Waals surface area contributed by atoms with Crippen LogP contribution in [-0.4, -0.2) is 41.4 Å². The molecule has 1 saturated heterocycles. The molecule has 21 heavy (non-hydrogen) atoms. The summed E-state index contributed by atoms with van der Waals surface area (Å²) in [5.74, 6) is 1.17. The van der Waals surface area contributed by atoms with E-state index in [4.69, 9.17) is 0 Å². The zero-order valence-electron chi connectivity index (χ0n) is 13.7. The number of carbonyl (C=O) groups excluding carboxylic acids is 1. The molecule has 1 unspecified atom stereocenters. The van der Waals surface area contributed by atoms with Crippen molar-refractivity contribution < 1.29 is 4.79 Å². The fourth-order valence-electron chi connectivity index (χ4n) is 3.02. The van der Waals surface area contributed by atoms with Crippen LogP contribution in [0.2, 0.25) is 0 Å². The second-order valence-electron chi connectivity index (χ2n) is 6.01. The van der Waals surface area contributed by atoms with Crippen LogP contribution in [-0.2, 0) is 18.4 Å². The molecule has 1 aliphatic rings. The lowest BCUT2D eigenvalue weighted by Crippen LogP contribution is -2.43. The van der Waals surface area contributed by atoms with Crippen molar-refractivity contribution in [3.05, 3.63) is 11.3 Å². The molecule has 0 bridgehead atoms. The van der Waals surface area contributed by atoms with Crippen molar-refractivity contribution in [2.24, 2.45) is 7.05 Å². The summed E-state index contributed by atoms with van der Waals surface area (Å²) in [6.07, 6.45) is 1.94. The van der Waals surface area contributed by atoms with Gasteiger partial charge in [-0.15, -0.1) is 0 Å². The lowest BCUT2D eigenvalue weighted by Gasteiger charge is -2.26. The fourth-order valence-corrected chi connectivity index (χ4v) is 3.02. The quantitative estimate of drug-likeness (QED) is 0.848. The van der Waals surface area contributed by atoms with Crippen molar-refractivity contribution in [3.8, 4) is 0 Å². The molecule has 118 valence electrons. The lowest BCUT2D eigenvalue weighted by molar-refractivity contribution is -0.121. The SMILES string of the molecule is CNC(=O)C1CCCN1c1c(CNC(C)C)c(C)nn1C. The molecule has 2 N–H and O–H groups in total. The van der Waals surface area contributed by atoms with Crippen LogP contribution in [0.25, 0.3) is 0 Å². The lowest BCUT2D eigenvalue weighted by atomic mass is 10.1. The molecule has 2 rings (SSSR count). The minimum absolute atomic E-state index is 0.0809. The average molecular weight is 293 g/mol. The predicted octanol–water partition coefficient (Wildman–Crippen LogP) is 0.941. The Kier molecular flexibility index (Phi) is 4.88. The summed E-state index contributed by atoms with van der Waals surface area (Å²) < 4.78 is 1.91. The van der Waals surface area contributed by atoms with Gasteiger partial charge in [0.05, 0.1) is 5.69 Å². The molecule has 1 aromatic heterocycles. The van der Waals surface area contributed by atoms with Gasteiger partial charge in [-0.2, -0.15) is 5.10 Å². The molecule has 0 spiro atoms. The van der Waals surface area contributed by atoms with Crippen molar-refractivity contribution in [2.45, 2.75) is 52.2 Å². The minimum Gasteiger partial charge on any atom is -0.357 e. The summed E-state index contributed by atoms with van der Waals surface area (Å²) in [5.41, 5.74) is 2.23. The number of aryl methyl sites for hydroxylation is 2. The summed E-state index contributed by atoms with van der Waals surface area (Å²) in [6.45, 7) is 7.99. The minimum atomic E-state index is -0.0809. The van der Waals surface area contributed by atoms with Gasteiger partial charge in [0, 0.05) is 38.8 Å². The second kappa shape index (κ2) is 6.47.